The van der Waals surface area contributed by atoms with E-state index in [1.807, 2.05) is 40.4 Å². The number of nitrogens with one attached hydrogen (secondary N) is 1. The Morgan fingerprint density at radius 1 is 1.09 bits per heavy atom. The lowest BCUT2D eigenvalue weighted by atomic mass is 10.0. The first-order valence-corrected chi connectivity index (χ1v) is 11.8. The van der Waals surface area contributed by atoms with Gasteiger partial charge < -0.3 is 5.32 Å². The monoisotopic (exact) mass is 461 g/mol. The summed E-state index contributed by atoms with van der Waals surface area (Å²) in [6.07, 6.45) is 2.48. The number of amides is 1. The maximum Gasteiger partial charge on any atom is 0.272 e. The molecule has 2 aromatic carbocycles. The number of hydrogen-bond donors (Lipinski definition) is 1. The first kappa shape index (κ1) is 21.5. The Labute approximate surface area is 195 Å². The molecule has 0 unspecified atom stereocenters. The summed E-state index contributed by atoms with van der Waals surface area (Å²) in [5.41, 5.74) is 4.22. The van der Waals surface area contributed by atoms with Gasteiger partial charge in [0.25, 0.3) is 5.91 Å². The van der Waals surface area contributed by atoms with Crippen molar-refractivity contribution in [3.63, 3.8) is 0 Å². The minimum atomic E-state index is -0.207. The number of rotatable bonds is 7. The van der Waals surface area contributed by atoms with Gasteiger partial charge in [-0.05, 0) is 11.6 Å². The molecule has 3 heterocycles. The highest BCUT2D eigenvalue weighted by Gasteiger charge is 2.28. The third kappa shape index (κ3) is 4.86. The number of thiazole rings is 1. The van der Waals surface area contributed by atoms with E-state index in [9.17, 15) is 9.18 Å². The zero-order valence-electron chi connectivity index (χ0n) is 18.1. The number of benzene rings is 2. The van der Waals surface area contributed by atoms with E-state index >= 15 is 0 Å². The molecule has 5 rings (SSSR count). The maximum absolute atomic E-state index is 14.2. The van der Waals surface area contributed by atoms with E-state index in [-0.39, 0.29) is 11.7 Å². The second-order valence-corrected chi connectivity index (χ2v) is 9.06. The number of halogens is 1. The topological polar surface area (TPSA) is 63.1 Å². The van der Waals surface area contributed by atoms with Crippen LogP contribution in [0.3, 0.4) is 0 Å². The lowest BCUT2D eigenvalue weighted by Crippen LogP contribution is -2.32. The smallest absolute Gasteiger partial charge is 0.272 e. The summed E-state index contributed by atoms with van der Waals surface area (Å²) < 4.78 is 16.2. The second-order valence-electron chi connectivity index (χ2n) is 8.08. The third-order valence-corrected chi connectivity index (χ3v) is 6.62. The highest BCUT2D eigenvalue weighted by atomic mass is 32.1. The van der Waals surface area contributed by atoms with Gasteiger partial charge in [-0.15, -0.1) is 11.3 Å². The molecule has 0 saturated heterocycles. The van der Waals surface area contributed by atoms with Crippen LogP contribution in [0, 0.1) is 5.82 Å². The fourth-order valence-corrected chi connectivity index (χ4v) is 4.75. The van der Waals surface area contributed by atoms with Gasteiger partial charge in [0.05, 0.1) is 13.1 Å². The first-order chi connectivity index (χ1) is 16.2. The van der Waals surface area contributed by atoms with E-state index in [0.29, 0.717) is 37.4 Å². The van der Waals surface area contributed by atoms with Crippen molar-refractivity contribution >= 4 is 17.2 Å². The number of carbonyl (C=O) groups is 1. The van der Waals surface area contributed by atoms with Crippen molar-refractivity contribution in [3.8, 4) is 0 Å². The van der Waals surface area contributed by atoms with Crippen molar-refractivity contribution in [3.05, 3.63) is 105 Å². The van der Waals surface area contributed by atoms with Crippen LogP contribution in [-0.2, 0) is 32.6 Å². The lowest BCUT2D eigenvalue weighted by Gasteiger charge is -2.28. The number of nitrogens with zero attached hydrogens (tertiary/aromatic N) is 4. The largest absolute Gasteiger partial charge is 0.344 e. The lowest BCUT2D eigenvalue weighted by molar-refractivity contribution is 0.0942. The van der Waals surface area contributed by atoms with Crippen LogP contribution in [0.15, 0.2) is 66.2 Å². The van der Waals surface area contributed by atoms with Crippen LogP contribution in [0.25, 0.3) is 0 Å². The summed E-state index contributed by atoms with van der Waals surface area (Å²) >= 11 is 1.50. The van der Waals surface area contributed by atoms with Crippen LogP contribution in [-0.4, -0.2) is 32.1 Å². The number of aromatic nitrogens is 3. The molecule has 1 aliphatic rings. The summed E-state index contributed by atoms with van der Waals surface area (Å²) in [7, 11) is 0. The fourth-order valence-electron chi connectivity index (χ4n) is 4.20. The van der Waals surface area contributed by atoms with Crippen LogP contribution >= 0.6 is 11.3 Å². The molecule has 1 N–H and O–H groups in total. The SMILES string of the molecule is O=C(NCc1nccs1)c1nn(Cc2ccccc2)c2c1CN(Cc1ccccc1F)CC2. The van der Waals surface area contributed by atoms with Crippen LogP contribution in [0.4, 0.5) is 4.39 Å². The fraction of sp³-hybridized carbons (Fsp3) is 0.240. The Morgan fingerprint density at radius 2 is 1.91 bits per heavy atom. The van der Waals surface area contributed by atoms with Crippen molar-refractivity contribution in [1.29, 1.82) is 0 Å². The molecule has 0 saturated carbocycles. The van der Waals surface area contributed by atoms with Gasteiger partial charge in [0.15, 0.2) is 5.69 Å². The van der Waals surface area contributed by atoms with E-state index in [4.69, 9.17) is 5.10 Å². The zero-order valence-corrected chi connectivity index (χ0v) is 18.9. The van der Waals surface area contributed by atoms with Gasteiger partial charge in [-0.25, -0.2) is 9.37 Å². The quantitative estimate of drug-likeness (QED) is 0.452. The average Bonchev–Trinajstić information content (AvgIpc) is 3.48. The molecule has 0 fully saturated rings. The van der Waals surface area contributed by atoms with E-state index < -0.39 is 0 Å². The van der Waals surface area contributed by atoms with Gasteiger partial charge in [0, 0.05) is 54.5 Å². The molecule has 1 amide bonds. The molecule has 33 heavy (non-hydrogen) atoms. The van der Waals surface area contributed by atoms with E-state index in [1.54, 1.807) is 12.3 Å². The van der Waals surface area contributed by atoms with E-state index in [0.717, 1.165) is 34.8 Å². The molecule has 0 bridgehead atoms. The van der Waals surface area contributed by atoms with Gasteiger partial charge in [0.1, 0.15) is 10.8 Å². The number of fused-ring (bicyclic) bond motifs is 1. The van der Waals surface area contributed by atoms with Gasteiger partial charge in [-0.3, -0.25) is 14.4 Å². The summed E-state index contributed by atoms with van der Waals surface area (Å²) in [5.74, 6) is -0.412. The predicted molar refractivity (Wildman–Crippen MR) is 125 cm³/mol. The Hall–Kier alpha value is -3.36. The van der Waals surface area contributed by atoms with Crippen molar-refractivity contribution in [2.45, 2.75) is 32.6 Å². The highest BCUT2D eigenvalue weighted by molar-refractivity contribution is 7.09. The zero-order chi connectivity index (χ0) is 22.6. The molecule has 0 atom stereocenters. The Kier molecular flexibility index (Phi) is 6.28. The maximum atomic E-state index is 14.2. The van der Waals surface area contributed by atoms with Crippen LogP contribution in [0.5, 0.6) is 0 Å². The Balaban J connectivity index is 1.41. The molecular formula is C25H24FN5OS. The van der Waals surface area contributed by atoms with Gasteiger partial charge >= 0.3 is 0 Å². The van der Waals surface area contributed by atoms with Crippen LogP contribution in [0.2, 0.25) is 0 Å². The molecule has 2 aromatic heterocycles. The standard InChI is InChI=1S/C25H24FN5OS/c26-21-9-5-4-8-19(21)16-30-12-10-22-20(17-30)24(25(32)28-14-23-27-11-13-33-23)29-31(22)15-18-6-2-1-3-7-18/h1-9,11,13H,10,12,14-17H2,(H,28,32). The second kappa shape index (κ2) is 9.64. The van der Waals surface area contributed by atoms with Crippen LogP contribution < -0.4 is 5.32 Å². The molecule has 4 aromatic rings. The third-order valence-electron chi connectivity index (χ3n) is 5.84. The molecule has 0 aliphatic carbocycles. The van der Waals surface area contributed by atoms with Crippen LogP contribution in [0.1, 0.15) is 37.9 Å². The minimum absolute atomic E-state index is 0.204. The Bertz CT molecular complexity index is 1240. The normalized spacial score (nSPS) is 13.6. The average molecular weight is 462 g/mol. The van der Waals surface area contributed by atoms with Crippen molar-refractivity contribution in [2.75, 3.05) is 6.54 Å². The summed E-state index contributed by atoms with van der Waals surface area (Å²) in [6, 6.07) is 17.0. The molecule has 168 valence electrons. The molecule has 0 radical (unpaired) electrons. The van der Waals surface area contributed by atoms with E-state index in [1.165, 1.54) is 17.4 Å². The molecule has 0 spiro atoms. The van der Waals surface area contributed by atoms with Gasteiger partial charge in [0.2, 0.25) is 0 Å². The molecule has 6 nitrogen and oxygen atoms in total. The summed E-state index contributed by atoms with van der Waals surface area (Å²) in [4.78, 5) is 19.5. The number of carbonyl (C=O) groups excluding carboxylic acids is 1. The summed E-state index contributed by atoms with van der Waals surface area (Å²) in [5, 5.41) is 10.4. The van der Waals surface area contributed by atoms with Gasteiger partial charge in [-0.2, -0.15) is 5.10 Å². The predicted octanol–water partition coefficient (Wildman–Crippen LogP) is 4.02. The van der Waals surface area contributed by atoms with Gasteiger partial charge in [-0.1, -0.05) is 48.5 Å². The van der Waals surface area contributed by atoms with Crippen molar-refractivity contribution in [2.24, 2.45) is 0 Å². The first-order valence-electron chi connectivity index (χ1n) is 10.9. The molecular weight excluding hydrogens is 437 g/mol. The molecule has 8 heteroatoms. The van der Waals surface area contributed by atoms with Crippen molar-refractivity contribution < 1.29 is 9.18 Å². The van der Waals surface area contributed by atoms with Crippen molar-refractivity contribution in [1.82, 2.24) is 25.0 Å². The minimum Gasteiger partial charge on any atom is -0.344 e. The number of hydrogen-bond acceptors (Lipinski definition) is 5. The Morgan fingerprint density at radius 3 is 2.70 bits per heavy atom. The highest BCUT2D eigenvalue weighted by Crippen LogP contribution is 2.25. The van der Waals surface area contributed by atoms with E-state index in [2.05, 4.69) is 27.3 Å². The molecule has 1 aliphatic heterocycles. The summed E-state index contributed by atoms with van der Waals surface area (Å²) in [6.45, 7) is 2.81.